The Morgan fingerprint density at radius 3 is 2.53 bits per heavy atom. The molecule has 0 spiro atoms. The van der Waals surface area contributed by atoms with Gasteiger partial charge in [-0.3, -0.25) is 4.68 Å². The minimum Gasteiger partial charge on any atom is -0.381 e. The predicted molar refractivity (Wildman–Crippen MR) is 118 cm³/mol. The van der Waals surface area contributed by atoms with Crippen LogP contribution >= 0.6 is 11.6 Å². The van der Waals surface area contributed by atoms with Crippen LogP contribution in [0.1, 0.15) is 29.7 Å². The first kappa shape index (κ1) is 21.9. The van der Waals surface area contributed by atoms with Crippen LogP contribution in [0.3, 0.4) is 0 Å². The largest absolute Gasteiger partial charge is 0.381 e. The topological polar surface area (TPSA) is 68.8 Å². The number of aliphatic hydroxyl groups is 1. The second-order valence-electron chi connectivity index (χ2n) is 7.46. The Kier molecular flexibility index (Phi) is 6.16. The van der Waals surface area contributed by atoms with Gasteiger partial charge in [0.05, 0.1) is 18.8 Å². The highest BCUT2D eigenvalue weighted by atomic mass is 35.5. The molecule has 0 bridgehead atoms. The zero-order chi connectivity index (χ0) is 22.7. The lowest BCUT2D eigenvalue weighted by molar-refractivity contribution is -0.0369. The maximum atomic E-state index is 14.7. The highest BCUT2D eigenvalue weighted by molar-refractivity contribution is 6.30. The summed E-state index contributed by atoms with van der Waals surface area (Å²) in [4.78, 5) is 3.88. The van der Waals surface area contributed by atoms with Gasteiger partial charge in [-0.05, 0) is 30.7 Å². The van der Waals surface area contributed by atoms with Crippen LogP contribution in [0, 0.1) is 11.6 Å². The molecule has 0 aliphatic carbocycles. The molecule has 6 nitrogen and oxygen atoms in total. The van der Waals surface area contributed by atoms with Crippen LogP contribution in [0.4, 0.5) is 8.78 Å². The average Bonchev–Trinajstić information content (AvgIpc) is 3.44. The van der Waals surface area contributed by atoms with Crippen molar-refractivity contribution in [3.8, 4) is 0 Å². The van der Waals surface area contributed by atoms with Crippen molar-refractivity contribution in [2.45, 2.75) is 25.1 Å². The SMILES string of the molecule is CC(n1cc(C=Cc2ccc(Cl)cc2)cn1)C(O)(Cn1cncn1)c1ccc(F)cc1F. The Hall–Kier alpha value is -3.36. The Bertz CT molecular complexity index is 1220. The van der Waals surface area contributed by atoms with Crippen molar-refractivity contribution in [1.29, 1.82) is 0 Å². The van der Waals surface area contributed by atoms with Crippen molar-refractivity contribution in [3.63, 3.8) is 0 Å². The van der Waals surface area contributed by atoms with Crippen LogP contribution < -0.4 is 0 Å². The molecule has 2 aromatic carbocycles. The molecule has 2 atom stereocenters. The molecule has 0 saturated heterocycles. The normalized spacial score (nSPS) is 14.5. The van der Waals surface area contributed by atoms with Gasteiger partial charge in [0.25, 0.3) is 0 Å². The fraction of sp³-hybridized carbons (Fsp3) is 0.174. The van der Waals surface area contributed by atoms with E-state index in [9.17, 15) is 13.9 Å². The van der Waals surface area contributed by atoms with E-state index in [-0.39, 0.29) is 12.1 Å². The Morgan fingerprint density at radius 2 is 1.84 bits per heavy atom. The summed E-state index contributed by atoms with van der Waals surface area (Å²) in [6.07, 6.45) is 9.89. The van der Waals surface area contributed by atoms with Gasteiger partial charge in [0.1, 0.15) is 29.9 Å². The van der Waals surface area contributed by atoms with Crippen molar-refractivity contribution in [2.75, 3.05) is 0 Å². The summed E-state index contributed by atoms with van der Waals surface area (Å²) >= 11 is 5.91. The maximum absolute atomic E-state index is 14.7. The molecule has 1 N–H and O–H groups in total. The lowest BCUT2D eigenvalue weighted by Crippen LogP contribution is -2.40. The van der Waals surface area contributed by atoms with Crippen LogP contribution in [0.15, 0.2) is 67.5 Å². The van der Waals surface area contributed by atoms with E-state index >= 15 is 0 Å². The van der Waals surface area contributed by atoms with Gasteiger partial charge < -0.3 is 5.11 Å². The fourth-order valence-corrected chi connectivity index (χ4v) is 3.61. The summed E-state index contributed by atoms with van der Waals surface area (Å²) in [6, 6.07) is 9.76. The summed E-state index contributed by atoms with van der Waals surface area (Å²) in [6.45, 7) is 1.60. The van der Waals surface area contributed by atoms with Crippen molar-refractivity contribution in [1.82, 2.24) is 24.5 Å². The number of halogens is 3. The highest BCUT2D eigenvalue weighted by Gasteiger charge is 2.40. The summed E-state index contributed by atoms with van der Waals surface area (Å²) in [5, 5.41) is 20.7. The molecule has 0 aliphatic heterocycles. The second kappa shape index (κ2) is 9.02. The van der Waals surface area contributed by atoms with Crippen LogP contribution in [0.2, 0.25) is 5.02 Å². The van der Waals surface area contributed by atoms with Gasteiger partial charge in [-0.25, -0.2) is 18.4 Å². The molecule has 164 valence electrons. The Labute approximate surface area is 188 Å². The van der Waals surface area contributed by atoms with Crippen molar-refractivity contribution in [3.05, 3.63) is 101 Å². The summed E-state index contributed by atoms with van der Waals surface area (Å²) in [5.74, 6) is -1.58. The van der Waals surface area contributed by atoms with Gasteiger partial charge in [0, 0.05) is 28.4 Å². The monoisotopic (exact) mass is 455 g/mol. The predicted octanol–water partition coefficient (Wildman–Crippen LogP) is 4.73. The van der Waals surface area contributed by atoms with Gasteiger partial charge in [0.2, 0.25) is 0 Å². The van der Waals surface area contributed by atoms with Crippen LogP contribution in [-0.2, 0) is 12.1 Å². The zero-order valence-corrected chi connectivity index (χ0v) is 17.9. The molecular weight excluding hydrogens is 436 g/mol. The third-order valence-electron chi connectivity index (χ3n) is 5.31. The second-order valence-corrected chi connectivity index (χ2v) is 7.89. The molecule has 2 unspecified atom stereocenters. The quantitative estimate of drug-likeness (QED) is 0.437. The lowest BCUT2D eigenvalue weighted by Gasteiger charge is -2.34. The van der Waals surface area contributed by atoms with Gasteiger partial charge in [0.15, 0.2) is 0 Å². The molecule has 0 radical (unpaired) electrons. The minimum atomic E-state index is -1.78. The van der Waals surface area contributed by atoms with Gasteiger partial charge in [-0.2, -0.15) is 10.2 Å². The molecule has 0 amide bonds. The molecule has 32 heavy (non-hydrogen) atoms. The molecule has 4 rings (SSSR count). The first-order valence-corrected chi connectivity index (χ1v) is 10.2. The van der Waals surface area contributed by atoms with Crippen molar-refractivity contribution >= 4 is 23.8 Å². The third kappa shape index (κ3) is 4.61. The van der Waals surface area contributed by atoms with E-state index in [1.807, 2.05) is 24.3 Å². The minimum absolute atomic E-state index is 0.0596. The first-order valence-electron chi connectivity index (χ1n) is 9.83. The van der Waals surface area contributed by atoms with Crippen LogP contribution in [-0.4, -0.2) is 29.7 Å². The molecule has 9 heteroatoms. The van der Waals surface area contributed by atoms with Gasteiger partial charge in [-0.15, -0.1) is 0 Å². The number of nitrogens with zero attached hydrogens (tertiary/aromatic N) is 5. The lowest BCUT2D eigenvalue weighted by atomic mass is 9.86. The van der Waals surface area contributed by atoms with Crippen molar-refractivity contribution < 1.29 is 13.9 Å². The maximum Gasteiger partial charge on any atom is 0.137 e. The zero-order valence-electron chi connectivity index (χ0n) is 17.1. The third-order valence-corrected chi connectivity index (χ3v) is 5.57. The van der Waals surface area contributed by atoms with E-state index < -0.39 is 23.3 Å². The van der Waals surface area contributed by atoms with E-state index in [2.05, 4.69) is 15.2 Å². The summed E-state index contributed by atoms with van der Waals surface area (Å²) in [7, 11) is 0. The smallest absolute Gasteiger partial charge is 0.137 e. The van der Waals surface area contributed by atoms with E-state index in [0.717, 1.165) is 23.3 Å². The Balaban J connectivity index is 1.65. The molecule has 0 fully saturated rings. The van der Waals surface area contributed by atoms with E-state index in [4.69, 9.17) is 11.6 Å². The fourth-order valence-electron chi connectivity index (χ4n) is 3.48. The summed E-state index contributed by atoms with van der Waals surface area (Å²) in [5.41, 5.74) is -0.0919. The summed E-state index contributed by atoms with van der Waals surface area (Å²) < 4.78 is 31.1. The molecule has 2 heterocycles. The number of hydrogen-bond donors (Lipinski definition) is 1. The van der Waals surface area contributed by atoms with E-state index in [0.29, 0.717) is 5.02 Å². The van der Waals surface area contributed by atoms with Crippen LogP contribution in [0.5, 0.6) is 0 Å². The van der Waals surface area contributed by atoms with E-state index in [1.165, 1.54) is 23.4 Å². The molecular formula is C23H20ClF2N5O. The molecule has 2 aromatic heterocycles. The number of rotatable bonds is 7. The van der Waals surface area contributed by atoms with Gasteiger partial charge in [-0.1, -0.05) is 42.0 Å². The van der Waals surface area contributed by atoms with Crippen molar-refractivity contribution in [2.24, 2.45) is 0 Å². The highest BCUT2D eigenvalue weighted by Crippen LogP contribution is 2.36. The van der Waals surface area contributed by atoms with Crippen LogP contribution in [0.25, 0.3) is 12.2 Å². The number of aromatic nitrogens is 5. The molecule has 0 saturated carbocycles. The van der Waals surface area contributed by atoms with E-state index in [1.54, 1.807) is 36.1 Å². The number of hydrogen-bond acceptors (Lipinski definition) is 4. The first-order chi connectivity index (χ1) is 15.3. The van der Waals surface area contributed by atoms with Gasteiger partial charge >= 0.3 is 0 Å². The average molecular weight is 456 g/mol. The number of benzene rings is 2. The Morgan fingerprint density at radius 1 is 1.09 bits per heavy atom. The molecule has 4 aromatic rings. The molecule has 0 aliphatic rings. The standard InChI is InChI=1S/C23H20ClF2N5O/c1-16(31-12-18(11-28-31)3-2-17-4-6-19(24)7-5-17)23(32,13-30-15-27-14-29-30)21-9-8-20(25)10-22(21)26/h2-12,14-16,32H,13H2,1H3.